The number of hydrogen-bond donors (Lipinski definition) is 1. The van der Waals surface area contributed by atoms with Crippen LogP contribution < -0.4 is 4.74 Å². The Balaban J connectivity index is 2.23. The third-order valence-electron chi connectivity index (χ3n) is 3.74. The number of ether oxygens (including phenoxy) is 1. The predicted octanol–water partition coefficient (Wildman–Crippen LogP) is 5.00. The molecule has 1 aromatic heterocycles. The molecule has 0 bridgehead atoms. The highest BCUT2D eigenvalue weighted by molar-refractivity contribution is 6.38. The van der Waals surface area contributed by atoms with Crippen LogP contribution in [-0.2, 0) is 6.54 Å². The van der Waals surface area contributed by atoms with Crippen molar-refractivity contribution in [3.8, 4) is 17.0 Å². The standard InChI is InChI=1S/C18H17Cl2NO2/c1-11(22)10-21-17(12-3-5-15(23-2)6-4-12)8-13-7-14(19)9-16(20)18(13)21/h3-9,11,22H,10H2,1-2H3. The van der Waals surface area contributed by atoms with Gasteiger partial charge in [0.05, 0.1) is 23.8 Å². The molecule has 0 saturated carbocycles. The molecular formula is C18H17Cl2NO2. The van der Waals surface area contributed by atoms with Crippen LogP contribution in [-0.4, -0.2) is 22.9 Å². The summed E-state index contributed by atoms with van der Waals surface area (Å²) in [7, 11) is 1.64. The van der Waals surface area contributed by atoms with Gasteiger partial charge < -0.3 is 14.4 Å². The largest absolute Gasteiger partial charge is 0.497 e. The van der Waals surface area contributed by atoms with Crippen LogP contribution in [0.2, 0.25) is 10.0 Å². The van der Waals surface area contributed by atoms with Gasteiger partial charge in [-0.1, -0.05) is 23.2 Å². The van der Waals surface area contributed by atoms with Crippen LogP contribution in [0.25, 0.3) is 22.2 Å². The molecule has 0 aliphatic heterocycles. The van der Waals surface area contributed by atoms with Crippen LogP contribution in [0.1, 0.15) is 6.92 Å². The van der Waals surface area contributed by atoms with E-state index in [2.05, 4.69) is 0 Å². The molecule has 0 amide bonds. The SMILES string of the molecule is COc1ccc(-c2cc3cc(Cl)cc(Cl)c3n2CC(C)O)cc1. The lowest BCUT2D eigenvalue weighted by molar-refractivity contribution is 0.176. The van der Waals surface area contributed by atoms with E-state index in [4.69, 9.17) is 27.9 Å². The summed E-state index contributed by atoms with van der Waals surface area (Å²) in [5.74, 6) is 0.799. The molecule has 23 heavy (non-hydrogen) atoms. The molecule has 5 heteroatoms. The van der Waals surface area contributed by atoms with Gasteiger partial charge in [0, 0.05) is 22.6 Å². The number of methoxy groups -OCH3 is 1. The fourth-order valence-electron chi connectivity index (χ4n) is 2.78. The molecule has 3 nitrogen and oxygen atoms in total. The summed E-state index contributed by atoms with van der Waals surface area (Å²) in [6, 6.07) is 13.4. The predicted molar refractivity (Wildman–Crippen MR) is 95.6 cm³/mol. The van der Waals surface area contributed by atoms with Crippen molar-refractivity contribution in [1.29, 1.82) is 0 Å². The van der Waals surface area contributed by atoms with E-state index in [0.29, 0.717) is 16.6 Å². The Labute approximate surface area is 145 Å². The average Bonchev–Trinajstić information content (AvgIpc) is 2.85. The fourth-order valence-corrected chi connectivity index (χ4v) is 3.39. The van der Waals surface area contributed by atoms with Crippen molar-refractivity contribution in [1.82, 2.24) is 4.57 Å². The second-order valence-electron chi connectivity index (χ2n) is 5.54. The van der Waals surface area contributed by atoms with Crippen LogP contribution in [0, 0.1) is 0 Å². The van der Waals surface area contributed by atoms with Gasteiger partial charge in [-0.2, -0.15) is 0 Å². The Hall–Kier alpha value is -1.68. The molecule has 1 N–H and O–H groups in total. The zero-order chi connectivity index (χ0) is 16.6. The van der Waals surface area contributed by atoms with Crippen molar-refractivity contribution in [3.63, 3.8) is 0 Å². The third kappa shape index (κ3) is 3.18. The zero-order valence-corrected chi connectivity index (χ0v) is 14.4. The maximum Gasteiger partial charge on any atom is 0.118 e. The minimum Gasteiger partial charge on any atom is -0.497 e. The minimum atomic E-state index is -0.491. The van der Waals surface area contributed by atoms with E-state index in [1.54, 1.807) is 20.1 Å². The molecule has 0 aliphatic carbocycles. The van der Waals surface area contributed by atoms with E-state index in [9.17, 15) is 5.11 Å². The van der Waals surface area contributed by atoms with E-state index in [-0.39, 0.29) is 0 Å². The van der Waals surface area contributed by atoms with Gasteiger partial charge in [-0.15, -0.1) is 0 Å². The van der Waals surface area contributed by atoms with Crippen LogP contribution in [0.15, 0.2) is 42.5 Å². The Morgan fingerprint density at radius 3 is 2.43 bits per heavy atom. The van der Waals surface area contributed by atoms with E-state index in [1.807, 2.05) is 41.0 Å². The molecule has 0 spiro atoms. The second kappa shape index (κ2) is 6.44. The summed E-state index contributed by atoms with van der Waals surface area (Å²) in [6.07, 6.45) is -0.491. The molecule has 2 aromatic carbocycles. The minimum absolute atomic E-state index is 0.451. The van der Waals surface area contributed by atoms with E-state index < -0.39 is 6.10 Å². The maximum atomic E-state index is 9.87. The number of aliphatic hydroxyl groups excluding tert-OH is 1. The summed E-state index contributed by atoms with van der Waals surface area (Å²) in [6.45, 7) is 2.21. The summed E-state index contributed by atoms with van der Waals surface area (Å²) in [5.41, 5.74) is 2.88. The van der Waals surface area contributed by atoms with Gasteiger partial charge in [-0.3, -0.25) is 0 Å². The third-order valence-corrected chi connectivity index (χ3v) is 4.25. The van der Waals surface area contributed by atoms with Gasteiger partial charge in [0.1, 0.15) is 5.75 Å². The van der Waals surface area contributed by atoms with Crippen molar-refractivity contribution in [2.75, 3.05) is 7.11 Å². The smallest absolute Gasteiger partial charge is 0.118 e. The van der Waals surface area contributed by atoms with Crippen molar-refractivity contribution < 1.29 is 9.84 Å². The van der Waals surface area contributed by atoms with Crippen LogP contribution in [0.5, 0.6) is 5.75 Å². The molecule has 1 atom stereocenters. The lowest BCUT2D eigenvalue weighted by Gasteiger charge is -2.14. The maximum absolute atomic E-state index is 9.87. The summed E-state index contributed by atoms with van der Waals surface area (Å²) in [4.78, 5) is 0. The van der Waals surface area contributed by atoms with Gasteiger partial charge in [0.2, 0.25) is 0 Å². The number of halogens is 2. The van der Waals surface area contributed by atoms with Gasteiger partial charge in [-0.25, -0.2) is 0 Å². The molecular weight excluding hydrogens is 333 g/mol. The van der Waals surface area contributed by atoms with Gasteiger partial charge in [0.25, 0.3) is 0 Å². The highest BCUT2D eigenvalue weighted by Crippen LogP contribution is 2.35. The van der Waals surface area contributed by atoms with E-state index in [0.717, 1.165) is 27.9 Å². The van der Waals surface area contributed by atoms with Gasteiger partial charge in [0.15, 0.2) is 0 Å². The van der Waals surface area contributed by atoms with Crippen molar-refractivity contribution in [2.45, 2.75) is 19.6 Å². The lowest BCUT2D eigenvalue weighted by Crippen LogP contribution is -2.12. The normalized spacial score (nSPS) is 12.6. The topological polar surface area (TPSA) is 34.4 Å². The first kappa shape index (κ1) is 16.2. The number of benzene rings is 2. The molecule has 0 radical (unpaired) electrons. The summed E-state index contributed by atoms with van der Waals surface area (Å²) in [5, 5.41) is 12.0. The molecule has 0 fully saturated rings. The monoisotopic (exact) mass is 349 g/mol. The fraction of sp³-hybridized carbons (Fsp3) is 0.222. The number of fused-ring (bicyclic) bond motifs is 1. The molecule has 0 saturated heterocycles. The zero-order valence-electron chi connectivity index (χ0n) is 12.9. The summed E-state index contributed by atoms with van der Waals surface area (Å²) >= 11 is 12.5. The number of nitrogens with zero attached hydrogens (tertiary/aromatic N) is 1. The lowest BCUT2D eigenvalue weighted by atomic mass is 10.1. The molecule has 1 unspecified atom stereocenters. The summed E-state index contributed by atoms with van der Waals surface area (Å²) < 4.78 is 7.24. The molecule has 3 rings (SSSR count). The number of aliphatic hydroxyl groups is 1. The Kier molecular flexibility index (Phi) is 4.53. The van der Waals surface area contributed by atoms with Crippen LogP contribution >= 0.6 is 23.2 Å². The second-order valence-corrected chi connectivity index (χ2v) is 6.39. The first-order valence-electron chi connectivity index (χ1n) is 7.30. The first-order valence-corrected chi connectivity index (χ1v) is 8.06. The van der Waals surface area contributed by atoms with Crippen LogP contribution in [0.3, 0.4) is 0 Å². The number of aromatic nitrogens is 1. The Morgan fingerprint density at radius 2 is 1.83 bits per heavy atom. The Bertz CT molecular complexity index is 838. The highest BCUT2D eigenvalue weighted by atomic mass is 35.5. The molecule has 3 aromatic rings. The highest BCUT2D eigenvalue weighted by Gasteiger charge is 2.15. The average molecular weight is 350 g/mol. The molecule has 1 heterocycles. The van der Waals surface area contributed by atoms with E-state index >= 15 is 0 Å². The first-order chi connectivity index (χ1) is 11.0. The van der Waals surface area contributed by atoms with Crippen molar-refractivity contribution in [3.05, 3.63) is 52.5 Å². The van der Waals surface area contributed by atoms with Gasteiger partial charge >= 0.3 is 0 Å². The van der Waals surface area contributed by atoms with Gasteiger partial charge in [-0.05, 0) is 55.0 Å². The van der Waals surface area contributed by atoms with Crippen LogP contribution in [0.4, 0.5) is 0 Å². The number of rotatable bonds is 4. The molecule has 0 aliphatic rings. The number of hydrogen-bond acceptors (Lipinski definition) is 2. The quantitative estimate of drug-likeness (QED) is 0.718. The molecule has 120 valence electrons. The van der Waals surface area contributed by atoms with Crippen molar-refractivity contribution in [2.24, 2.45) is 0 Å². The van der Waals surface area contributed by atoms with E-state index in [1.165, 1.54) is 0 Å². The van der Waals surface area contributed by atoms with Crippen molar-refractivity contribution >= 4 is 34.1 Å². The Morgan fingerprint density at radius 1 is 1.13 bits per heavy atom.